The molecule has 32 heavy (non-hydrogen) atoms. The number of thioether (sulfide) groups is 1. The summed E-state index contributed by atoms with van der Waals surface area (Å²) in [5.74, 6) is 0.431. The maximum absolute atomic E-state index is 13.2. The minimum absolute atomic E-state index is 0.0775. The van der Waals surface area contributed by atoms with E-state index in [0.717, 1.165) is 41.3 Å². The van der Waals surface area contributed by atoms with Gasteiger partial charge in [0, 0.05) is 22.8 Å². The molecule has 0 bridgehead atoms. The van der Waals surface area contributed by atoms with Crippen LogP contribution in [-0.2, 0) is 21.9 Å². The summed E-state index contributed by atoms with van der Waals surface area (Å²) in [5.41, 5.74) is 1.94. The van der Waals surface area contributed by atoms with Gasteiger partial charge in [-0.3, -0.25) is 9.59 Å². The van der Waals surface area contributed by atoms with Gasteiger partial charge < -0.3 is 10.2 Å². The third-order valence-electron chi connectivity index (χ3n) is 5.79. The second kappa shape index (κ2) is 12.4. The second-order valence-electron chi connectivity index (χ2n) is 8.29. The van der Waals surface area contributed by atoms with Crippen LogP contribution >= 0.6 is 27.7 Å². The summed E-state index contributed by atoms with van der Waals surface area (Å²) in [6.07, 6.45) is 5.52. The van der Waals surface area contributed by atoms with Crippen molar-refractivity contribution >= 4 is 39.5 Å². The van der Waals surface area contributed by atoms with Crippen LogP contribution < -0.4 is 5.32 Å². The third kappa shape index (κ3) is 7.62. The predicted molar refractivity (Wildman–Crippen MR) is 132 cm³/mol. The van der Waals surface area contributed by atoms with Crippen molar-refractivity contribution in [2.24, 2.45) is 0 Å². The first kappa shape index (κ1) is 24.8. The number of hydrogen-bond acceptors (Lipinski definition) is 3. The van der Waals surface area contributed by atoms with Crippen LogP contribution in [0.5, 0.6) is 0 Å². The Morgan fingerprint density at radius 3 is 2.34 bits per heavy atom. The van der Waals surface area contributed by atoms with Gasteiger partial charge >= 0.3 is 0 Å². The number of benzene rings is 2. The van der Waals surface area contributed by atoms with Gasteiger partial charge in [-0.2, -0.15) is 0 Å². The molecule has 0 unspecified atom stereocenters. The van der Waals surface area contributed by atoms with E-state index in [1.54, 1.807) is 24.0 Å². The Balaban J connectivity index is 1.64. The molecule has 2 aromatic rings. The summed E-state index contributed by atoms with van der Waals surface area (Å²) >= 11 is 4.91. The Morgan fingerprint density at radius 2 is 1.69 bits per heavy atom. The van der Waals surface area contributed by atoms with Crippen molar-refractivity contribution in [2.75, 3.05) is 5.75 Å². The maximum atomic E-state index is 13.2. The molecule has 1 fully saturated rings. The molecule has 1 aliphatic carbocycles. The lowest BCUT2D eigenvalue weighted by atomic mass is 9.95. The largest absolute Gasteiger partial charge is 0.352 e. The molecular formula is C25H30BrFN2O2S. The van der Waals surface area contributed by atoms with E-state index in [2.05, 4.69) is 21.2 Å². The van der Waals surface area contributed by atoms with Gasteiger partial charge in [0.15, 0.2) is 0 Å². The molecule has 0 saturated heterocycles. The van der Waals surface area contributed by atoms with Crippen LogP contribution in [0.2, 0.25) is 0 Å². The molecule has 0 heterocycles. The average molecular weight is 521 g/mol. The molecule has 0 radical (unpaired) electrons. The third-order valence-corrected chi connectivity index (χ3v) is 7.31. The highest BCUT2D eigenvalue weighted by Crippen LogP contribution is 2.20. The van der Waals surface area contributed by atoms with Gasteiger partial charge in [-0.25, -0.2) is 4.39 Å². The van der Waals surface area contributed by atoms with Crippen LogP contribution in [0.25, 0.3) is 0 Å². The van der Waals surface area contributed by atoms with Crippen molar-refractivity contribution in [2.45, 2.75) is 63.4 Å². The minimum Gasteiger partial charge on any atom is -0.352 e. The summed E-state index contributed by atoms with van der Waals surface area (Å²) in [4.78, 5) is 27.8. The normalized spacial score (nSPS) is 15.2. The first-order chi connectivity index (χ1) is 15.4. The van der Waals surface area contributed by atoms with Crippen LogP contribution in [0.4, 0.5) is 4.39 Å². The van der Waals surface area contributed by atoms with Gasteiger partial charge in [-0.1, -0.05) is 59.5 Å². The number of carbonyl (C=O) groups is 2. The standard InChI is InChI=1S/C25H30BrFN2O2S/c1-18(25(31)28-23-5-3-2-4-6-23)29(15-19-7-11-21(26)12-8-19)24(30)17-32-16-20-9-13-22(27)14-10-20/h7-14,18,23H,2-6,15-17H2,1H3,(H,28,31)/t18-/m1/s1. The molecule has 0 aromatic heterocycles. The zero-order valence-corrected chi connectivity index (χ0v) is 20.8. The van der Waals surface area contributed by atoms with Crippen LogP contribution in [-0.4, -0.2) is 34.6 Å². The van der Waals surface area contributed by atoms with Crippen LogP contribution in [0, 0.1) is 5.82 Å². The monoisotopic (exact) mass is 520 g/mol. The summed E-state index contributed by atoms with van der Waals surface area (Å²) in [6, 6.07) is 13.8. The highest BCUT2D eigenvalue weighted by atomic mass is 79.9. The number of amides is 2. The minimum atomic E-state index is -0.556. The molecular weight excluding hydrogens is 491 g/mol. The van der Waals surface area contributed by atoms with Gasteiger partial charge in [0.2, 0.25) is 11.8 Å². The Morgan fingerprint density at radius 1 is 1.06 bits per heavy atom. The van der Waals surface area contributed by atoms with Gasteiger partial charge in [-0.15, -0.1) is 11.8 Å². The quantitative estimate of drug-likeness (QED) is 0.462. The van der Waals surface area contributed by atoms with Crippen LogP contribution in [0.3, 0.4) is 0 Å². The predicted octanol–water partition coefficient (Wildman–Crippen LogP) is 5.69. The lowest BCUT2D eigenvalue weighted by Crippen LogP contribution is -2.50. The zero-order valence-electron chi connectivity index (χ0n) is 18.4. The molecule has 7 heteroatoms. The Kier molecular flexibility index (Phi) is 9.60. The fourth-order valence-electron chi connectivity index (χ4n) is 3.86. The fourth-order valence-corrected chi connectivity index (χ4v) is 4.99. The highest BCUT2D eigenvalue weighted by Gasteiger charge is 2.28. The number of nitrogens with one attached hydrogen (secondary N) is 1. The summed E-state index contributed by atoms with van der Waals surface area (Å²) in [7, 11) is 0. The summed E-state index contributed by atoms with van der Waals surface area (Å²) in [6.45, 7) is 2.18. The Hall–Kier alpha value is -1.86. The number of halogens is 2. The summed E-state index contributed by atoms with van der Waals surface area (Å²) < 4.78 is 14.1. The average Bonchev–Trinajstić information content (AvgIpc) is 2.80. The van der Waals surface area contributed by atoms with E-state index in [4.69, 9.17) is 0 Å². The van der Waals surface area contributed by atoms with E-state index in [1.807, 2.05) is 24.3 Å². The maximum Gasteiger partial charge on any atom is 0.242 e. The van der Waals surface area contributed by atoms with E-state index >= 15 is 0 Å². The molecule has 172 valence electrons. The zero-order chi connectivity index (χ0) is 22.9. The lowest BCUT2D eigenvalue weighted by Gasteiger charge is -2.31. The van der Waals surface area contributed by atoms with E-state index in [0.29, 0.717) is 12.3 Å². The molecule has 4 nitrogen and oxygen atoms in total. The van der Waals surface area contributed by atoms with Gasteiger partial charge in [0.1, 0.15) is 11.9 Å². The van der Waals surface area contributed by atoms with E-state index < -0.39 is 6.04 Å². The lowest BCUT2D eigenvalue weighted by molar-refractivity contribution is -0.139. The first-order valence-corrected chi connectivity index (χ1v) is 13.0. The van der Waals surface area contributed by atoms with Crippen molar-refractivity contribution in [1.82, 2.24) is 10.2 Å². The molecule has 2 amide bonds. The molecule has 1 saturated carbocycles. The van der Waals surface area contributed by atoms with Gasteiger partial charge in [-0.05, 0) is 55.2 Å². The van der Waals surface area contributed by atoms with Crippen molar-refractivity contribution in [3.05, 3.63) is 69.9 Å². The molecule has 1 N–H and O–H groups in total. The van der Waals surface area contributed by atoms with Gasteiger partial charge in [0.05, 0.1) is 5.75 Å². The highest BCUT2D eigenvalue weighted by molar-refractivity contribution is 9.10. The molecule has 2 aromatic carbocycles. The Bertz CT molecular complexity index is 886. The SMILES string of the molecule is C[C@H](C(=O)NC1CCCCC1)N(Cc1ccc(Br)cc1)C(=O)CSCc1ccc(F)cc1. The molecule has 1 aliphatic rings. The molecule has 1 atom stereocenters. The van der Waals surface area contributed by atoms with Crippen LogP contribution in [0.15, 0.2) is 53.0 Å². The van der Waals surface area contributed by atoms with Gasteiger partial charge in [0.25, 0.3) is 0 Å². The van der Waals surface area contributed by atoms with E-state index in [1.165, 1.54) is 30.3 Å². The van der Waals surface area contributed by atoms with Crippen molar-refractivity contribution in [3.8, 4) is 0 Å². The van der Waals surface area contributed by atoms with Crippen molar-refractivity contribution in [3.63, 3.8) is 0 Å². The first-order valence-electron chi connectivity index (χ1n) is 11.1. The number of rotatable bonds is 9. The topological polar surface area (TPSA) is 49.4 Å². The van der Waals surface area contributed by atoms with E-state index in [9.17, 15) is 14.0 Å². The smallest absolute Gasteiger partial charge is 0.242 e. The molecule has 0 spiro atoms. The van der Waals surface area contributed by atoms with E-state index in [-0.39, 0.29) is 29.4 Å². The molecule has 0 aliphatic heterocycles. The number of hydrogen-bond donors (Lipinski definition) is 1. The van der Waals surface area contributed by atoms with Crippen LogP contribution in [0.1, 0.15) is 50.2 Å². The number of nitrogens with zero attached hydrogens (tertiary/aromatic N) is 1. The van der Waals surface area contributed by atoms with Crippen molar-refractivity contribution < 1.29 is 14.0 Å². The molecule has 3 rings (SSSR count). The summed E-state index contributed by atoms with van der Waals surface area (Å²) in [5, 5.41) is 3.15. The Labute approximate surface area is 202 Å². The second-order valence-corrected chi connectivity index (χ2v) is 10.2. The number of carbonyl (C=O) groups excluding carboxylic acids is 2. The fraction of sp³-hybridized carbons (Fsp3) is 0.440. The van der Waals surface area contributed by atoms with Crippen molar-refractivity contribution in [1.29, 1.82) is 0 Å².